The molecular formula is C19H27NO4. The molecule has 0 saturated carbocycles. The van der Waals surface area contributed by atoms with Crippen molar-refractivity contribution >= 4 is 10.8 Å². The minimum atomic E-state index is -2.13. The molecule has 0 aliphatic carbocycles. The van der Waals surface area contributed by atoms with Crippen LogP contribution >= 0.6 is 0 Å². The van der Waals surface area contributed by atoms with Crippen LogP contribution in [0.5, 0.6) is 5.75 Å². The molecule has 132 valence electrons. The van der Waals surface area contributed by atoms with Gasteiger partial charge in [0.1, 0.15) is 11.9 Å². The van der Waals surface area contributed by atoms with Gasteiger partial charge in [0.25, 0.3) is 0 Å². The third-order valence-corrected chi connectivity index (χ3v) is 4.06. The number of ether oxygens (including phenoxy) is 1. The average Bonchev–Trinajstić information content (AvgIpc) is 2.57. The SMILES string of the molecule is CCC(O)(O)C(Oc1cccc2ccccc12)C(O)CNC(C)C. The second-order valence-corrected chi connectivity index (χ2v) is 6.38. The highest BCUT2D eigenvalue weighted by Gasteiger charge is 2.40. The maximum absolute atomic E-state index is 10.5. The van der Waals surface area contributed by atoms with E-state index in [1.165, 1.54) is 0 Å². The van der Waals surface area contributed by atoms with Crippen molar-refractivity contribution in [1.29, 1.82) is 0 Å². The van der Waals surface area contributed by atoms with E-state index >= 15 is 0 Å². The van der Waals surface area contributed by atoms with E-state index in [1.54, 1.807) is 13.0 Å². The number of rotatable bonds is 8. The van der Waals surface area contributed by atoms with Gasteiger partial charge in [0.15, 0.2) is 6.10 Å². The molecule has 24 heavy (non-hydrogen) atoms. The van der Waals surface area contributed by atoms with Gasteiger partial charge >= 0.3 is 0 Å². The zero-order valence-electron chi connectivity index (χ0n) is 14.4. The molecule has 2 unspecified atom stereocenters. The lowest BCUT2D eigenvalue weighted by molar-refractivity contribution is -0.239. The summed E-state index contributed by atoms with van der Waals surface area (Å²) in [5, 5.41) is 36.0. The minimum absolute atomic E-state index is 0.0428. The minimum Gasteiger partial charge on any atom is -0.481 e. The summed E-state index contributed by atoms with van der Waals surface area (Å²) >= 11 is 0. The molecule has 0 heterocycles. The highest BCUT2D eigenvalue weighted by Crippen LogP contribution is 2.29. The Labute approximate surface area is 142 Å². The highest BCUT2D eigenvalue weighted by molar-refractivity contribution is 5.88. The number of nitrogens with one attached hydrogen (secondary N) is 1. The van der Waals surface area contributed by atoms with Gasteiger partial charge in [-0.3, -0.25) is 0 Å². The van der Waals surface area contributed by atoms with Crippen molar-refractivity contribution in [3.63, 3.8) is 0 Å². The Morgan fingerprint density at radius 2 is 1.75 bits per heavy atom. The van der Waals surface area contributed by atoms with Crippen LogP contribution in [-0.2, 0) is 0 Å². The molecule has 2 atom stereocenters. The van der Waals surface area contributed by atoms with Gasteiger partial charge in [-0.15, -0.1) is 0 Å². The molecule has 0 bridgehead atoms. The summed E-state index contributed by atoms with van der Waals surface area (Å²) in [6, 6.07) is 13.4. The van der Waals surface area contributed by atoms with E-state index in [0.717, 1.165) is 10.8 Å². The summed E-state index contributed by atoms with van der Waals surface area (Å²) in [6.45, 7) is 5.76. The first kappa shape index (κ1) is 18.7. The monoisotopic (exact) mass is 333 g/mol. The number of benzene rings is 2. The van der Waals surface area contributed by atoms with Crippen LogP contribution in [0.3, 0.4) is 0 Å². The Balaban J connectivity index is 2.30. The Morgan fingerprint density at radius 3 is 2.42 bits per heavy atom. The van der Waals surface area contributed by atoms with E-state index in [4.69, 9.17) is 4.74 Å². The fourth-order valence-electron chi connectivity index (χ4n) is 2.58. The first-order valence-corrected chi connectivity index (χ1v) is 8.35. The predicted octanol–water partition coefficient (Wildman–Crippen LogP) is 2.04. The first-order chi connectivity index (χ1) is 11.3. The lowest BCUT2D eigenvalue weighted by atomic mass is 10.0. The van der Waals surface area contributed by atoms with Gasteiger partial charge in [0, 0.05) is 24.4 Å². The van der Waals surface area contributed by atoms with Gasteiger partial charge in [0.05, 0.1) is 0 Å². The van der Waals surface area contributed by atoms with E-state index in [9.17, 15) is 15.3 Å². The van der Waals surface area contributed by atoms with E-state index in [-0.39, 0.29) is 19.0 Å². The van der Waals surface area contributed by atoms with Gasteiger partial charge in [-0.1, -0.05) is 57.2 Å². The van der Waals surface area contributed by atoms with Crippen molar-refractivity contribution in [2.24, 2.45) is 0 Å². The van der Waals surface area contributed by atoms with E-state index in [0.29, 0.717) is 5.75 Å². The number of hydrogen-bond donors (Lipinski definition) is 4. The summed E-state index contributed by atoms with van der Waals surface area (Å²) in [5.41, 5.74) is 0. The van der Waals surface area contributed by atoms with E-state index < -0.39 is 18.0 Å². The standard InChI is InChI=1S/C19H27NO4/c1-4-19(22,23)18(16(21)12-20-13(2)3)24-17-11-7-9-14-8-5-6-10-15(14)17/h5-11,13,16,18,20-23H,4,12H2,1-3H3. The summed E-state index contributed by atoms with van der Waals surface area (Å²) in [4.78, 5) is 0. The van der Waals surface area contributed by atoms with Crippen molar-refractivity contribution in [1.82, 2.24) is 5.32 Å². The van der Waals surface area contributed by atoms with Gasteiger partial charge < -0.3 is 25.4 Å². The second-order valence-electron chi connectivity index (χ2n) is 6.38. The number of hydrogen-bond acceptors (Lipinski definition) is 5. The smallest absolute Gasteiger partial charge is 0.203 e. The van der Waals surface area contributed by atoms with Gasteiger partial charge in [-0.2, -0.15) is 0 Å². The molecule has 0 radical (unpaired) electrons. The first-order valence-electron chi connectivity index (χ1n) is 8.35. The zero-order valence-corrected chi connectivity index (χ0v) is 14.4. The van der Waals surface area contributed by atoms with Crippen molar-refractivity contribution in [2.45, 2.75) is 51.2 Å². The molecule has 5 nitrogen and oxygen atoms in total. The summed E-state index contributed by atoms with van der Waals surface area (Å²) in [5.74, 6) is -1.61. The molecule has 0 amide bonds. The molecule has 2 rings (SSSR count). The predicted molar refractivity (Wildman–Crippen MR) is 95.0 cm³/mol. The summed E-state index contributed by atoms with van der Waals surface area (Å²) in [6.07, 6.45) is -2.19. The molecule has 0 aliphatic rings. The van der Waals surface area contributed by atoms with Crippen LogP contribution in [0, 0.1) is 0 Å². The molecule has 0 fully saturated rings. The fourth-order valence-corrected chi connectivity index (χ4v) is 2.58. The maximum atomic E-state index is 10.5. The molecule has 0 saturated heterocycles. The normalized spacial score (nSPS) is 14.8. The van der Waals surface area contributed by atoms with Gasteiger partial charge in [0.2, 0.25) is 5.79 Å². The lowest BCUT2D eigenvalue weighted by Gasteiger charge is -2.34. The Morgan fingerprint density at radius 1 is 1.08 bits per heavy atom. The van der Waals surface area contributed by atoms with Crippen LogP contribution < -0.4 is 10.1 Å². The van der Waals surface area contributed by atoms with Gasteiger partial charge in [-0.25, -0.2) is 0 Å². The molecule has 2 aromatic rings. The van der Waals surface area contributed by atoms with Crippen molar-refractivity contribution in [2.75, 3.05) is 6.54 Å². The van der Waals surface area contributed by atoms with Crippen LogP contribution in [0.2, 0.25) is 0 Å². The summed E-state index contributed by atoms with van der Waals surface area (Å²) < 4.78 is 5.89. The molecule has 2 aromatic carbocycles. The van der Waals surface area contributed by atoms with Crippen molar-refractivity contribution in [3.05, 3.63) is 42.5 Å². The van der Waals surface area contributed by atoms with Crippen LogP contribution in [0.15, 0.2) is 42.5 Å². The van der Waals surface area contributed by atoms with Crippen molar-refractivity contribution in [3.8, 4) is 5.75 Å². The molecule has 0 aliphatic heterocycles. The highest BCUT2D eigenvalue weighted by atomic mass is 16.6. The van der Waals surface area contributed by atoms with Crippen LogP contribution in [0.1, 0.15) is 27.2 Å². The van der Waals surface area contributed by atoms with E-state index in [2.05, 4.69) is 5.32 Å². The summed E-state index contributed by atoms with van der Waals surface area (Å²) in [7, 11) is 0. The number of fused-ring (bicyclic) bond motifs is 1. The fraction of sp³-hybridized carbons (Fsp3) is 0.474. The quantitative estimate of drug-likeness (QED) is 0.556. The maximum Gasteiger partial charge on any atom is 0.203 e. The largest absolute Gasteiger partial charge is 0.481 e. The third-order valence-electron chi connectivity index (χ3n) is 4.06. The number of aliphatic hydroxyl groups excluding tert-OH is 1. The van der Waals surface area contributed by atoms with Crippen LogP contribution in [-0.4, -0.2) is 45.9 Å². The zero-order chi connectivity index (χ0) is 17.7. The average molecular weight is 333 g/mol. The molecule has 0 aromatic heterocycles. The second kappa shape index (κ2) is 7.94. The molecule has 4 N–H and O–H groups in total. The number of aliphatic hydroxyl groups is 3. The lowest BCUT2D eigenvalue weighted by Crippen LogP contribution is -2.55. The van der Waals surface area contributed by atoms with Crippen LogP contribution in [0.4, 0.5) is 0 Å². The van der Waals surface area contributed by atoms with Gasteiger partial charge in [-0.05, 0) is 11.5 Å². The van der Waals surface area contributed by atoms with E-state index in [1.807, 2.05) is 50.2 Å². The molecule has 5 heteroatoms. The van der Waals surface area contributed by atoms with Crippen LogP contribution in [0.25, 0.3) is 10.8 Å². The molecule has 0 spiro atoms. The Bertz CT molecular complexity index is 651. The van der Waals surface area contributed by atoms with Crippen molar-refractivity contribution < 1.29 is 20.1 Å². The third kappa shape index (κ3) is 4.45. The molecular weight excluding hydrogens is 306 g/mol. The topological polar surface area (TPSA) is 82.0 Å². The Kier molecular flexibility index (Phi) is 6.18. The Hall–Kier alpha value is -1.66.